The molecule has 1 amide bonds. The summed E-state index contributed by atoms with van der Waals surface area (Å²) in [7, 11) is -1.40. The first-order valence-electron chi connectivity index (χ1n) is 10.8. The lowest BCUT2D eigenvalue weighted by atomic mass is 9.85. The fourth-order valence-corrected chi connectivity index (χ4v) is 5.34. The van der Waals surface area contributed by atoms with Crippen molar-refractivity contribution in [1.29, 1.82) is 0 Å². The zero-order valence-corrected chi connectivity index (χ0v) is 21.4. The molecule has 1 aromatic carbocycles. The molecule has 10 heteroatoms. The first-order valence-corrected chi connectivity index (χ1v) is 12.7. The van der Waals surface area contributed by atoms with E-state index in [0.29, 0.717) is 36.5 Å². The summed E-state index contributed by atoms with van der Waals surface area (Å²) in [5, 5.41) is 11.2. The minimum absolute atomic E-state index is 0.0000472. The Morgan fingerprint density at radius 2 is 1.91 bits per heavy atom. The van der Waals surface area contributed by atoms with Crippen LogP contribution >= 0.6 is 23.2 Å². The zero-order valence-electron chi connectivity index (χ0n) is 19.1. The van der Waals surface area contributed by atoms with E-state index >= 15 is 0 Å². The van der Waals surface area contributed by atoms with Crippen molar-refractivity contribution in [3.8, 4) is 5.75 Å². The van der Waals surface area contributed by atoms with Gasteiger partial charge < -0.3 is 19.5 Å². The van der Waals surface area contributed by atoms with E-state index in [2.05, 4.69) is 4.72 Å². The van der Waals surface area contributed by atoms with Gasteiger partial charge in [-0.05, 0) is 65.5 Å². The normalized spacial score (nSPS) is 23.8. The largest absolute Gasteiger partial charge is 0.508 e. The number of piperidine rings is 1. The van der Waals surface area contributed by atoms with Crippen LogP contribution in [0, 0.1) is 5.92 Å². The van der Waals surface area contributed by atoms with Crippen LogP contribution in [0.15, 0.2) is 12.1 Å². The van der Waals surface area contributed by atoms with Crippen LogP contribution in [0.4, 0.5) is 0 Å². The van der Waals surface area contributed by atoms with Gasteiger partial charge in [-0.3, -0.25) is 4.79 Å². The molecule has 0 bridgehead atoms. The van der Waals surface area contributed by atoms with Gasteiger partial charge in [0.15, 0.2) is 11.9 Å². The molecule has 3 unspecified atom stereocenters. The number of nitrogens with zero attached hydrogens (tertiary/aromatic N) is 1. The highest BCUT2D eigenvalue weighted by molar-refractivity contribution is 7.84. The number of hydrogen-bond acceptors (Lipinski definition) is 5. The highest BCUT2D eigenvalue weighted by Gasteiger charge is 2.41. The Bertz CT molecular complexity index is 882. The number of likely N-dealkylation sites (tertiary alicyclic amines) is 1. The van der Waals surface area contributed by atoms with Gasteiger partial charge in [-0.15, -0.1) is 0 Å². The quantitative estimate of drug-likeness (QED) is 0.625. The zero-order chi connectivity index (χ0) is 23.8. The molecule has 2 fully saturated rings. The fourth-order valence-electron chi connectivity index (χ4n) is 4.00. The molecular weight excluding hydrogens is 475 g/mol. The summed E-state index contributed by atoms with van der Waals surface area (Å²) >= 11 is 12.7. The number of nitrogens with one attached hydrogen (secondary N) is 1. The number of halogens is 2. The Morgan fingerprint density at radius 1 is 1.28 bits per heavy atom. The first kappa shape index (κ1) is 25.7. The number of amides is 1. The standard InChI is InChI=1S/C22H32Cl2N2O5S/c1-21(2,3)32(29)25-19(17-15(27)7-6-14(23)18(17)24)13-8-10-26(11-9-13)20(28)16-12-30-22(4,5)31-16/h6-7,13,16,19,25,27H,8-12H2,1-5H3. The molecule has 180 valence electrons. The number of carbonyl (C=O) groups excluding carboxylic acids is 1. The predicted octanol–water partition coefficient (Wildman–Crippen LogP) is 4.18. The Kier molecular flexibility index (Phi) is 7.85. The van der Waals surface area contributed by atoms with E-state index in [9.17, 15) is 14.1 Å². The lowest BCUT2D eigenvalue weighted by Crippen LogP contribution is -2.47. The number of hydrogen-bond donors (Lipinski definition) is 2. The maximum atomic E-state index is 13.0. The Hall–Kier alpha value is -0.900. The molecule has 2 aliphatic heterocycles. The topological polar surface area (TPSA) is 88.1 Å². The van der Waals surface area contributed by atoms with E-state index in [1.54, 1.807) is 18.7 Å². The van der Waals surface area contributed by atoms with Crippen LogP contribution < -0.4 is 4.72 Å². The Balaban J connectivity index is 1.78. The van der Waals surface area contributed by atoms with E-state index in [1.165, 1.54) is 12.1 Å². The predicted molar refractivity (Wildman–Crippen MR) is 126 cm³/mol. The van der Waals surface area contributed by atoms with Crippen molar-refractivity contribution in [2.75, 3.05) is 19.7 Å². The SMILES string of the molecule is CC1(C)OCC(C(=O)N2CCC(C(NS(=O)C(C)(C)C)c3c(O)ccc(Cl)c3Cl)CC2)O1. The number of aromatic hydroxyl groups is 1. The summed E-state index contributed by atoms with van der Waals surface area (Å²) < 4.78 is 26.9. The van der Waals surface area contributed by atoms with Gasteiger partial charge in [-0.1, -0.05) is 23.2 Å². The summed E-state index contributed by atoms with van der Waals surface area (Å²) in [6, 6.07) is 2.55. The van der Waals surface area contributed by atoms with Crippen LogP contribution in [0.2, 0.25) is 10.0 Å². The number of ether oxygens (including phenoxy) is 2. The molecule has 0 aliphatic carbocycles. The van der Waals surface area contributed by atoms with Gasteiger partial charge in [0.05, 0.1) is 38.4 Å². The van der Waals surface area contributed by atoms with Crippen molar-refractivity contribution < 1.29 is 23.6 Å². The van der Waals surface area contributed by atoms with Crippen molar-refractivity contribution in [2.45, 2.75) is 70.1 Å². The lowest BCUT2D eigenvalue weighted by Gasteiger charge is -2.38. The second kappa shape index (κ2) is 9.76. The molecule has 32 heavy (non-hydrogen) atoms. The van der Waals surface area contributed by atoms with Crippen LogP contribution in [0.5, 0.6) is 5.75 Å². The van der Waals surface area contributed by atoms with Gasteiger partial charge in [0.2, 0.25) is 0 Å². The van der Waals surface area contributed by atoms with Gasteiger partial charge in [-0.25, -0.2) is 8.93 Å². The molecule has 3 atom stereocenters. The fraction of sp³-hybridized carbons (Fsp3) is 0.682. The van der Waals surface area contributed by atoms with E-state index in [0.717, 1.165) is 0 Å². The van der Waals surface area contributed by atoms with E-state index in [-0.39, 0.29) is 29.2 Å². The molecule has 0 radical (unpaired) electrons. The van der Waals surface area contributed by atoms with E-state index in [1.807, 2.05) is 20.8 Å². The average Bonchev–Trinajstić information content (AvgIpc) is 3.08. The summed E-state index contributed by atoms with van der Waals surface area (Å²) in [6.07, 6.45) is 0.684. The van der Waals surface area contributed by atoms with Gasteiger partial charge in [0.25, 0.3) is 5.91 Å². The van der Waals surface area contributed by atoms with Gasteiger partial charge in [0.1, 0.15) is 5.75 Å². The molecule has 2 saturated heterocycles. The molecule has 0 aromatic heterocycles. The molecule has 2 aliphatic rings. The van der Waals surface area contributed by atoms with Crippen LogP contribution in [0.1, 0.15) is 59.1 Å². The van der Waals surface area contributed by atoms with Crippen molar-refractivity contribution in [3.63, 3.8) is 0 Å². The monoisotopic (exact) mass is 506 g/mol. The molecule has 3 rings (SSSR count). The molecular formula is C22H32Cl2N2O5S. The highest BCUT2D eigenvalue weighted by Crippen LogP contribution is 2.42. The molecule has 1 aromatic rings. The van der Waals surface area contributed by atoms with E-state index < -0.39 is 33.7 Å². The van der Waals surface area contributed by atoms with E-state index in [4.69, 9.17) is 32.7 Å². The average molecular weight is 507 g/mol. The van der Waals surface area contributed by atoms with Gasteiger partial charge >= 0.3 is 0 Å². The van der Waals surface area contributed by atoms with Crippen LogP contribution in [-0.4, -0.2) is 56.5 Å². The third-order valence-electron chi connectivity index (χ3n) is 5.82. The second-order valence-corrected chi connectivity index (χ2v) is 12.5. The molecule has 7 nitrogen and oxygen atoms in total. The highest BCUT2D eigenvalue weighted by atomic mass is 35.5. The maximum Gasteiger partial charge on any atom is 0.254 e. The molecule has 0 spiro atoms. The van der Waals surface area contributed by atoms with Crippen molar-refractivity contribution in [1.82, 2.24) is 9.62 Å². The molecule has 0 saturated carbocycles. The van der Waals surface area contributed by atoms with Gasteiger partial charge in [-0.2, -0.15) is 0 Å². The van der Waals surface area contributed by atoms with Crippen molar-refractivity contribution in [2.24, 2.45) is 5.92 Å². The van der Waals surface area contributed by atoms with Crippen LogP contribution in [-0.2, 0) is 25.3 Å². The number of phenols is 1. The van der Waals surface area contributed by atoms with Crippen LogP contribution in [0.25, 0.3) is 0 Å². The molecule has 2 heterocycles. The summed E-state index contributed by atoms with van der Waals surface area (Å²) in [5.41, 5.74) is 0.441. The number of phenolic OH excluding ortho intramolecular Hbond substituents is 1. The molecule has 2 N–H and O–H groups in total. The second-order valence-electron chi connectivity index (χ2n) is 9.75. The minimum atomic E-state index is -1.40. The summed E-state index contributed by atoms with van der Waals surface area (Å²) in [5.74, 6) is -0.851. The lowest BCUT2D eigenvalue weighted by molar-refractivity contribution is -0.161. The number of carbonyl (C=O) groups is 1. The smallest absolute Gasteiger partial charge is 0.254 e. The summed E-state index contributed by atoms with van der Waals surface area (Å²) in [6.45, 7) is 10.5. The summed E-state index contributed by atoms with van der Waals surface area (Å²) in [4.78, 5) is 14.7. The third-order valence-corrected chi connectivity index (χ3v) is 8.22. The first-order chi connectivity index (χ1) is 14.8. The van der Waals surface area contributed by atoms with Crippen molar-refractivity contribution in [3.05, 3.63) is 27.7 Å². The Morgan fingerprint density at radius 3 is 2.44 bits per heavy atom. The van der Waals surface area contributed by atoms with Crippen LogP contribution in [0.3, 0.4) is 0 Å². The minimum Gasteiger partial charge on any atom is -0.508 e. The Labute approximate surface area is 202 Å². The third kappa shape index (κ3) is 5.77. The maximum absolute atomic E-state index is 13.0. The van der Waals surface area contributed by atoms with Crippen molar-refractivity contribution >= 4 is 40.1 Å². The van der Waals surface area contributed by atoms with Gasteiger partial charge in [0, 0.05) is 18.7 Å². The number of rotatable bonds is 5. The number of benzene rings is 1.